The third kappa shape index (κ3) is 4.80. The zero-order valence-electron chi connectivity index (χ0n) is 15.7. The Bertz CT molecular complexity index is 838. The molecule has 0 bridgehead atoms. The Balaban J connectivity index is 1.83. The van der Waals surface area contributed by atoms with Crippen LogP contribution in [-0.2, 0) is 11.3 Å². The molecular weight excluding hydrogens is 344 g/mol. The number of hydrogen-bond donors (Lipinski definition) is 2. The molecule has 0 unspecified atom stereocenters. The zero-order valence-corrected chi connectivity index (χ0v) is 15.7. The van der Waals surface area contributed by atoms with Gasteiger partial charge in [-0.15, -0.1) is 0 Å². The molecule has 3 rings (SSSR count). The number of amides is 1. The van der Waals surface area contributed by atoms with Crippen molar-refractivity contribution in [2.75, 3.05) is 18.6 Å². The Hall–Kier alpha value is -2.99. The third-order valence-electron chi connectivity index (χ3n) is 4.09. The van der Waals surface area contributed by atoms with Crippen LogP contribution in [0.2, 0.25) is 0 Å². The summed E-state index contributed by atoms with van der Waals surface area (Å²) in [6.07, 6.45) is 1.69. The summed E-state index contributed by atoms with van der Waals surface area (Å²) in [4.78, 5) is 14.4. The summed E-state index contributed by atoms with van der Waals surface area (Å²) in [6, 6.07) is 15.3. The van der Waals surface area contributed by atoms with Crippen LogP contribution in [0, 0.1) is 0 Å². The lowest BCUT2D eigenvalue weighted by molar-refractivity contribution is -0.120. The van der Waals surface area contributed by atoms with E-state index in [0.29, 0.717) is 12.3 Å². The highest BCUT2D eigenvalue weighted by Gasteiger charge is 2.24. The van der Waals surface area contributed by atoms with Crippen molar-refractivity contribution in [2.45, 2.75) is 26.0 Å². The van der Waals surface area contributed by atoms with E-state index in [2.05, 4.69) is 5.32 Å². The lowest BCUT2D eigenvalue weighted by Crippen LogP contribution is -2.40. The van der Waals surface area contributed by atoms with Crippen LogP contribution < -0.4 is 19.7 Å². The first-order chi connectivity index (χ1) is 12.9. The fourth-order valence-corrected chi connectivity index (χ4v) is 2.68. The molecule has 6 heteroatoms. The van der Waals surface area contributed by atoms with Gasteiger partial charge in [0.25, 0.3) is 5.91 Å². The van der Waals surface area contributed by atoms with Crippen LogP contribution in [0.25, 0.3) is 0 Å². The molecule has 2 aromatic carbocycles. The molecule has 1 aliphatic rings. The van der Waals surface area contributed by atoms with Crippen molar-refractivity contribution in [3.63, 3.8) is 0 Å². The average Bonchev–Trinajstić information content (AvgIpc) is 2.66. The summed E-state index contributed by atoms with van der Waals surface area (Å²) in [5.74, 6) is 1.23. The van der Waals surface area contributed by atoms with E-state index in [1.807, 2.05) is 53.4 Å². The quantitative estimate of drug-likeness (QED) is 0.820. The molecule has 1 aliphatic heterocycles. The van der Waals surface area contributed by atoms with E-state index in [0.717, 1.165) is 17.0 Å². The van der Waals surface area contributed by atoms with E-state index >= 15 is 0 Å². The van der Waals surface area contributed by atoms with Crippen molar-refractivity contribution in [1.29, 1.82) is 0 Å². The van der Waals surface area contributed by atoms with Gasteiger partial charge in [0.05, 0.1) is 24.6 Å². The average molecular weight is 368 g/mol. The summed E-state index contributed by atoms with van der Waals surface area (Å²) < 4.78 is 11.0. The third-order valence-corrected chi connectivity index (χ3v) is 4.09. The summed E-state index contributed by atoms with van der Waals surface area (Å²) >= 11 is 0. The molecule has 0 radical (unpaired) electrons. The minimum Gasteiger partial charge on any atom is -0.497 e. The van der Waals surface area contributed by atoms with Crippen molar-refractivity contribution >= 4 is 11.6 Å². The monoisotopic (exact) mass is 368 g/mol. The standard InChI is InChI=1S/C21H24N2O4/c1-21(2,25)14-22-20(24)19-13-23(17-6-4-5-7-18(17)27-19)12-15-8-10-16(26-3)11-9-15/h4-11,13,25H,12,14H2,1-3H3,(H,22,24). The maximum atomic E-state index is 12.5. The van der Waals surface area contributed by atoms with Gasteiger partial charge in [-0.3, -0.25) is 4.79 Å². The molecule has 2 N–H and O–H groups in total. The summed E-state index contributed by atoms with van der Waals surface area (Å²) in [7, 11) is 1.63. The number of aliphatic hydroxyl groups is 1. The Morgan fingerprint density at radius 3 is 2.56 bits per heavy atom. The fraction of sp³-hybridized carbons (Fsp3) is 0.286. The number of carbonyl (C=O) groups excluding carboxylic acids is 1. The fourth-order valence-electron chi connectivity index (χ4n) is 2.68. The topological polar surface area (TPSA) is 71.0 Å². The maximum Gasteiger partial charge on any atom is 0.288 e. The molecular formula is C21H24N2O4. The van der Waals surface area contributed by atoms with Gasteiger partial charge in [0, 0.05) is 13.1 Å². The number of anilines is 1. The Labute approximate surface area is 159 Å². The molecule has 1 heterocycles. The van der Waals surface area contributed by atoms with E-state index in [9.17, 15) is 9.90 Å². The second-order valence-electron chi connectivity index (χ2n) is 7.03. The largest absolute Gasteiger partial charge is 0.497 e. The predicted molar refractivity (Wildman–Crippen MR) is 104 cm³/mol. The molecule has 0 spiro atoms. The van der Waals surface area contributed by atoms with Crippen LogP contribution >= 0.6 is 0 Å². The number of para-hydroxylation sites is 2. The van der Waals surface area contributed by atoms with Crippen LogP contribution in [-0.4, -0.2) is 30.3 Å². The van der Waals surface area contributed by atoms with E-state index in [1.165, 1.54) is 0 Å². The van der Waals surface area contributed by atoms with Gasteiger partial charge in [0.15, 0.2) is 5.75 Å². The van der Waals surface area contributed by atoms with Crippen molar-refractivity contribution in [2.24, 2.45) is 0 Å². The lowest BCUT2D eigenvalue weighted by Gasteiger charge is -2.29. The highest BCUT2D eigenvalue weighted by atomic mass is 16.5. The van der Waals surface area contributed by atoms with Gasteiger partial charge in [-0.1, -0.05) is 24.3 Å². The number of benzene rings is 2. The zero-order chi connectivity index (χ0) is 19.4. The summed E-state index contributed by atoms with van der Waals surface area (Å²) in [5.41, 5.74) is 0.957. The number of hydrogen-bond acceptors (Lipinski definition) is 5. The van der Waals surface area contributed by atoms with Gasteiger partial charge in [0.1, 0.15) is 5.75 Å². The van der Waals surface area contributed by atoms with Gasteiger partial charge in [-0.2, -0.15) is 0 Å². The van der Waals surface area contributed by atoms with Crippen LogP contribution in [0.1, 0.15) is 19.4 Å². The first kappa shape index (κ1) is 18.8. The first-order valence-corrected chi connectivity index (χ1v) is 8.74. The molecule has 0 atom stereocenters. The molecule has 1 amide bonds. The van der Waals surface area contributed by atoms with Crippen LogP contribution in [0.5, 0.6) is 11.5 Å². The molecule has 0 aromatic heterocycles. The Morgan fingerprint density at radius 1 is 1.19 bits per heavy atom. The smallest absolute Gasteiger partial charge is 0.288 e. The van der Waals surface area contributed by atoms with Gasteiger partial charge in [-0.05, 0) is 43.7 Å². The van der Waals surface area contributed by atoms with E-state index in [4.69, 9.17) is 9.47 Å². The molecule has 0 aliphatic carbocycles. The second kappa shape index (κ2) is 7.72. The van der Waals surface area contributed by atoms with E-state index < -0.39 is 5.60 Å². The SMILES string of the molecule is COc1ccc(CN2C=C(C(=O)NCC(C)(C)O)Oc3ccccc32)cc1. The molecule has 0 saturated heterocycles. The van der Waals surface area contributed by atoms with Gasteiger partial charge in [-0.25, -0.2) is 0 Å². The highest BCUT2D eigenvalue weighted by molar-refractivity contribution is 5.93. The van der Waals surface area contributed by atoms with E-state index in [-0.39, 0.29) is 18.2 Å². The summed E-state index contributed by atoms with van der Waals surface area (Å²) in [6.45, 7) is 3.97. The van der Waals surface area contributed by atoms with Crippen LogP contribution in [0.15, 0.2) is 60.5 Å². The normalized spacial score (nSPS) is 13.3. The number of methoxy groups -OCH3 is 1. The second-order valence-corrected chi connectivity index (χ2v) is 7.03. The minimum absolute atomic E-state index is 0.132. The van der Waals surface area contributed by atoms with E-state index in [1.54, 1.807) is 27.2 Å². The molecule has 0 fully saturated rings. The van der Waals surface area contributed by atoms with Crippen molar-refractivity contribution < 1.29 is 19.4 Å². The van der Waals surface area contributed by atoms with Gasteiger partial charge in [0.2, 0.25) is 5.76 Å². The Kier molecular flexibility index (Phi) is 5.37. The first-order valence-electron chi connectivity index (χ1n) is 8.74. The highest BCUT2D eigenvalue weighted by Crippen LogP contribution is 2.35. The molecule has 142 valence electrons. The maximum absolute atomic E-state index is 12.5. The van der Waals surface area contributed by atoms with Crippen molar-refractivity contribution in [3.8, 4) is 11.5 Å². The molecule has 27 heavy (non-hydrogen) atoms. The van der Waals surface area contributed by atoms with Crippen molar-refractivity contribution in [3.05, 3.63) is 66.1 Å². The number of ether oxygens (including phenoxy) is 2. The van der Waals surface area contributed by atoms with Crippen LogP contribution in [0.4, 0.5) is 5.69 Å². The van der Waals surface area contributed by atoms with Gasteiger partial charge >= 0.3 is 0 Å². The molecule has 2 aromatic rings. The number of fused-ring (bicyclic) bond motifs is 1. The predicted octanol–water partition coefficient (Wildman–Crippen LogP) is 2.82. The summed E-state index contributed by atoms with van der Waals surface area (Å²) in [5, 5.41) is 12.5. The Morgan fingerprint density at radius 2 is 1.89 bits per heavy atom. The minimum atomic E-state index is -0.994. The molecule has 0 saturated carbocycles. The van der Waals surface area contributed by atoms with Crippen molar-refractivity contribution in [1.82, 2.24) is 5.32 Å². The number of nitrogens with zero attached hydrogens (tertiary/aromatic N) is 1. The molecule has 6 nitrogen and oxygen atoms in total. The number of rotatable bonds is 6. The van der Waals surface area contributed by atoms with Crippen LogP contribution in [0.3, 0.4) is 0 Å². The van der Waals surface area contributed by atoms with Gasteiger partial charge < -0.3 is 24.8 Å². The lowest BCUT2D eigenvalue weighted by atomic mass is 10.1. The number of carbonyl (C=O) groups is 1. The number of nitrogens with one attached hydrogen (secondary N) is 1.